The molecule has 0 radical (unpaired) electrons. The van der Waals surface area contributed by atoms with Crippen LogP contribution in [0.25, 0.3) is 0 Å². The van der Waals surface area contributed by atoms with Gasteiger partial charge in [0.2, 0.25) is 11.6 Å². The van der Waals surface area contributed by atoms with E-state index in [0.29, 0.717) is 31.9 Å². The molecule has 1 aliphatic rings. The molecular formula is C20H18F2N6O2. The number of hydrogen-bond acceptors (Lipinski definition) is 7. The number of para-hydroxylation sites is 2. The molecule has 8 nitrogen and oxygen atoms in total. The minimum absolute atomic E-state index is 0.0784. The molecule has 0 spiro atoms. The summed E-state index contributed by atoms with van der Waals surface area (Å²) in [5.41, 5.74) is 0.242. The van der Waals surface area contributed by atoms with Crippen molar-refractivity contribution in [1.82, 2.24) is 9.97 Å². The molecule has 1 saturated heterocycles. The number of hydrogen-bond donors (Lipinski definition) is 1. The Hall–Kier alpha value is -3.82. The summed E-state index contributed by atoms with van der Waals surface area (Å²) >= 11 is 0. The van der Waals surface area contributed by atoms with Gasteiger partial charge in [0.05, 0.1) is 16.3 Å². The highest BCUT2D eigenvalue weighted by atomic mass is 19.1. The number of halogens is 2. The van der Waals surface area contributed by atoms with Gasteiger partial charge in [-0.15, -0.1) is 0 Å². The molecule has 0 bridgehead atoms. The third-order valence-corrected chi connectivity index (χ3v) is 4.88. The standard InChI is InChI=1S/C20H18F2N6O2/c21-14-5-1-3-7-16(14)25-19-18(28(29)30)20(24-13-23-19)27-11-9-26(10-12-27)17-8-4-2-6-15(17)22/h1-8,13H,9-12H2,(H,23,24,25). The van der Waals surface area contributed by atoms with E-state index in [4.69, 9.17) is 0 Å². The van der Waals surface area contributed by atoms with Gasteiger partial charge in [-0.25, -0.2) is 18.7 Å². The molecule has 2 heterocycles. The van der Waals surface area contributed by atoms with Crippen LogP contribution in [0.15, 0.2) is 54.9 Å². The fourth-order valence-corrected chi connectivity index (χ4v) is 3.42. The van der Waals surface area contributed by atoms with Gasteiger partial charge in [0.25, 0.3) is 0 Å². The van der Waals surface area contributed by atoms with Crippen molar-refractivity contribution in [2.75, 3.05) is 41.3 Å². The van der Waals surface area contributed by atoms with Gasteiger partial charge in [0.15, 0.2) is 0 Å². The molecule has 0 aliphatic carbocycles. The molecule has 0 saturated carbocycles. The zero-order valence-corrected chi connectivity index (χ0v) is 15.8. The van der Waals surface area contributed by atoms with Crippen molar-refractivity contribution >= 4 is 28.7 Å². The smallest absolute Gasteiger partial charge is 0.353 e. The fraction of sp³-hybridized carbons (Fsp3) is 0.200. The number of nitro groups is 1. The van der Waals surface area contributed by atoms with Gasteiger partial charge in [0.1, 0.15) is 18.0 Å². The second kappa shape index (κ2) is 8.27. The van der Waals surface area contributed by atoms with Crippen LogP contribution in [0.2, 0.25) is 0 Å². The van der Waals surface area contributed by atoms with E-state index in [1.165, 1.54) is 30.6 Å². The lowest BCUT2D eigenvalue weighted by Crippen LogP contribution is -2.47. The van der Waals surface area contributed by atoms with Gasteiger partial charge in [-0.2, -0.15) is 0 Å². The third-order valence-electron chi connectivity index (χ3n) is 4.88. The van der Waals surface area contributed by atoms with Gasteiger partial charge in [-0.05, 0) is 24.3 Å². The molecule has 1 fully saturated rings. The zero-order valence-electron chi connectivity index (χ0n) is 15.8. The van der Waals surface area contributed by atoms with Crippen molar-refractivity contribution in [2.45, 2.75) is 0 Å². The summed E-state index contributed by atoms with van der Waals surface area (Å²) in [4.78, 5) is 22.9. The highest BCUT2D eigenvalue weighted by Crippen LogP contribution is 2.34. The fourth-order valence-electron chi connectivity index (χ4n) is 3.42. The first-order chi connectivity index (χ1) is 14.5. The van der Waals surface area contributed by atoms with Crippen LogP contribution < -0.4 is 15.1 Å². The minimum Gasteiger partial charge on any atom is -0.366 e. The molecule has 4 rings (SSSR count). The van der Waals surface area contributed by atoms with E-state index in [-0.39, 0.29) is 28.8 Å². The van der Waals surface area contributed by atoms with E-state index < -0.39 is 10.7 Å². The molecular weight excluding hydrogens is 394 g/mol. The zero-order chi connectivity index (χ0) is 21.1. The van der Waals surface area contributed by atoms with E-state index in [0.717, 1.165) is 0 Å². The number of anilines is 4. The second-order valence-electron chi connectivity index (χ2n) is 6.68. The number of rotatable bonds is 5. The molecule has 0 amide bonds. The lowest BCUT2D eigenvalue weighted by molar-refractivity contribution is -0.383. The largest absolute Gasteiger partial charge is 0.366 e. The molecule has 1 N–H and O–H groups in total. The highest BCUT2D eigenvalue weighted by molar-refractivity contribution is 5.74. The van der Waals surface area contributed by atoms with Gasteiger partial charge in [-0.1, -0.05) is 24.3 Å². The Morgan fingerprint density at radius 3 is 2.20 bits per heavy atom. The lowest BCUT2D eigenvalue weighted by Gasteiger charge is -2.36. The van der Waals surface area contributed by atoms with Crippen LogP contribution in [-0.2, 0) is 0 Å². The molecule has 30 heavy (non-hydrogen) atoms. The Balaban J connectivity index is 1.58. The van der Waals surface area contributed by atoms with Crippen molar-refractivity contribution in [3.63, 3.8) is 0 Å². The summed E-state index contributed by atoms with van der Waals surface area (Å²) in [5, 5.41) is 14.5. The number of nitrogens with zero attached hydrogens (tertiary/aromatic N) is 5. The Labute approximate surface area is 170 Å². The Morgan fingerprint density at radius 1 is 0.900 bits per heavy atom. The SMILES string of the molecule is O=[N+]([O-])c1c(Nc2ccccc2F)ncnc1N1CCN(c2ccccc2F)CC1. The Morgan fingerprint density at radius 2 is 1.53 bits per heavy atom. The quantitative estimate of drug-likeness (QED) is 0.505. The predicted molar refractivity (Wildman–Crippen MR) is 109 cm³/mol. The van der Waals surface area contributed by atoms with E-state index in [1.54, 1.807) is 29.2 Å². The van der Waals surface area contributed by atoms with Crippen LogP contribution in [0.5, 0.6) is 0 Å². The molecule has 0 atom stereocenters. The van der Waals surface area contributed by atoms with Crippen molar-refractivity contribution in [1.29, 1.82) is 0 Å². The first kappa shape index (κ1) is 19.5. The molecule has 1 aliphatic heterocycles. The Kier molecular flexibility index (Phi) is 5.38. The first-order valence-corrected chi connectivity index (χ1v) is 9.30. The first-order valence-electron chi connectivity index (χ1n) is 9.30. The Bertz CT molecular complexity index is 1070. The summed E-state index contributed by atoms with van der Waals surface area (Å²) in [6.45, 7) is 1.76. The molecule has 10 heteroatoms. The van der Waals surface area contributed by atoms with Gasteiger partial charge < -0.3 is 15.1 Å². The average Bonchev–Trinajstić information content (AvgIpc) is 2.75. The topological polar surface area (TPSA) is 87.4 Å². The summed E-state index contributed by atoms with van der Waals surface area (Å²) in [5.74, 6) is -0.811. The maximum absolute atomic E-state index is 14.1. The second-order valence-corrected chi connectivity index (χ2v) is 6.68. The summed E-state index contributed by atoms with van der Waals surface area (Å²) in [6, 6.07) is 12.3. The van der Waals surface area contributed by atoms with Crippen LogP contribution in [0.4, 0.5) is 37.5 Å². The molecule has 1 aromatic heterocycles. The summed E-state index contributed by atoms with van der Waals surface area (Å²) in [7, 11) is 0. The van der Waals surface area contributed by atoms with E-state index in [1.807, 2.05) is 4.90 Å². The highest BCUT2D eigenvalue weighted by Gasteiger charge is 2.30. The van der Waals surface area contributed by atoms with Gasteiger partial charge in [0, 0.05) is 26.2 Å². The van der Waals surface area contributed by atoms with E-state index in [2.05, 4.69) is 15.3 Å². The van der Waals surface area contributed by atoms with Crippen LogP contribution >= 0.6 is 0 Å². The summed E-state index contributed by atoms with van der Waals surface area (Å²) < 4.78 is 28.0. The number of piperazine rings is 1. The molecule has 0 unspecified atom stereocenters. The van der Waals surface area contributed by atoms with Crippen molar-refractivity contribution < 1.29 is 13.7 Å². The number of benzene rings is 2. The van der Waals surface area contributed by atoms with E-state index in [9.17, 15) is 18.9 Å². The van der Waals surface area contributed by atoms with Crippen LogP contribution in [-0.4, -0.2) is 41.1 Å². The lowest BCUT2D eigenvalue weighted by atomic mass is 10.2. The van der Waals surface area contributed by atoms with E-state index >= 15 is 0 Å². The van der Waals surface area contributed by atoms with Crippen molar-refractivity contribution in [3.05, 3.63) is 76.6 Å². The average molecular weight is 412 g/mol. The molecule has 3 aromatic rings. The maximum atomic E-state index is 14.1. The third kappa shape index (κ3) is 3.84. The summed E-state index contributed by atoms with van der Waals surface area (Å²) in [6.07, 6.45) is 1.20. The van der Waals surface area contributed by atoms with Crippen LogP contribution in [0, 0.1) is 21.7 Å². The maximum Gasteiger partial charge on any atom is 0.353 e. The predicted octanol–water partition coefficient (Wildman–Crippen LogP) is 3.73. The number of nitrogens with one attached hydrogen (secondary N) is 1. The normalized spacial score (nSPS) is 13.9. The minimum atomic E-state index is -0.582. The molecule has 2 aromatic carbocycles. The van der Waals surface area contributed by atoms with Crippen LogP contribution in [0.3, 0.4) is 0 Å². The van der Waals surface area contributed by atoms with Crippen LogP contribution in [0.1, 0.15) is 0 Å². The van der Waals surface area contributed by atoms with Gasteiger partial charge in [-0.3, -0.25) is 10.1 Å². The van der Waals surface area contributed by atoms with Crippen molar-refractivity contribution in [3.8, 4) is 0 Å². The van der Waals surface area contributed by atoms with Crippen molar-refractivity contribution in [2.24, 2.45) is 0 Å². The molecule has 154 valence electrons. The number of aromatic nitrogens is 2. The monoisotopic (exact) mass is 412 g/mol. The van der Waals surface area contributed by atoms with Gasteiger partial charge >= 0.3 is 5.69 Å².